The zero-order valence-corrected chi connectivity index (χ0v) is 13.2. The highest BCUT2D eigenvalue weighted by atomic mass is 32.2. The second kappa shape index (κ2) is 6.59. The van der Waals surface area contributed by atoms with Crippen molar-refractivity contribution in [1.29, 1.82) is 0 Å². The monoisotopic (exact) mass is 295 g/mol. The molecule has 1 saturated carbocycles. The molecule has 1 aliphatic carbocycles. The van der Waals surface area contributed by atoms with Crippen LogP contribution in [-0.2, 0) is 9.92 Å². The fraction of sp³-hybridized carbons (Fsp3) is 0.600. The van der Waals surface area contributed by atoms with Crippen molar-refractivity contribution in [1.82, 2.24) is 4.31 Å². The van der Waals surface area contributed by atoms with E-state index in [2.05, 4.69) is 6.92 Å². The van der Waals surface area contributed by atoms with E-state index < -0.39 is 9.92 Å². The first-order valence-corrected chi connectivity index (χ1v) is 8.94. The van der Waals surface area contributed by atoms with Crippen molar-refractivity contribution in [2.45, 2.75) is 50.5 Å². The molecule has 1 atom stereocenters. The minimum Gasteiger partial charge on any atom is -0.399 e. The minimum absolute atomic E-state index is 0.245. The molecule has 5 heteroatoms. The van der Waals surface area contributed by atoms with E-state index in [1.54, 1.807) is 0 Å². The van der Waals surface area contributed by atoms with Crippen molar-refractivity contribution in [2.24, 2.45) is 4.36 Å². The number of anilines is 1. The summed E-state index contributed by atoms with van der Waals surface area (Å²) in [4.78, 5) is 0.750. The third kappa shape index (κ3) is 3.15. The lowest BCUT2D eigenvalue weighted by molar-refractivity contribution is 0.409. The van der Waals surface area contributed by atoms with E-state index in [1.807, 2.05) is 35.5 Å². The maximum Gasteiger partial charge on any atom is 0.140 e. The van der Waals surface area contributed by atoms with Crippen molar-refractivity contribution in [3.05, 3.63) is 24.3 Å². The summed E-state index contributed by atoms with van der Waals surface area (Å²) in [6, 6.07) is 7.63. The van der Waals surface area contributed by atoms with Gasteiger partial charge in [-0.1, -0.05) is 19.9 Å². The Morgan fingerprint density at radius 2 is 2.15 bits per heavy atom. The lowest BCUT2D eigenvalue weighted by atomic mass is 9.95. The van der Waals surface area contributed by atoms with Crippen molar-refractivity contribution >= 4 is 15.6 Å². The quantitative estimate of drug-likeness (QED) is 0.819. The van der Waals surface area contributed by atoms with Gasteiger partial charge in [-0.05, 0) is 43.9 Å². The average molecular weight is 295 g/mol. The molecule has 1 aliphatic rings. The first-order valence-electron chi connectivity index (χ1n) is 7.47. The van der Waals surface area contributed by atoms with Gasteiger partial charge in [0.15, 0.2) is 0 Å². The van der Waals surface area contributed by atoms with Crippen LogP contribution in [0.3, 0.4) is 0 Å². The first-order chi connectivity index (χ1) is 9.60. The molecular weight excluding hydrogens is 270 g/mol. The van der Waals surface area contributed by atoms with Crippen molar-refractivity contribution in [3.8, 4) is 0 Å². The summed E-state index contributed by atoms with van der Waals surface area (Å²) >= 11 is 0. The fourth-order valence-electron chi connectivity index (χ4n) is 2.36. The lowest BCUT2D eigenvalue weighted by Gasteiger charge is -2.29. The molecule has 112 valence electrons. The normalized spacial score (nSPS) is 18.6. The first kappa shape index (κ1) is 15.3. The van der Waals surface area contributed by atoms with Gasteiger partial charge in [0.05, 0.1) is 10.9 Å². The predicted molar refractivity (Wildman–Crippen MR) is 84.9 cm³/mol. The van der Waals surface area contributed by atoms with Crippen LogP contribution in [0.4, 0.5) is 5.69 Å². The molecule has 0 amide bonds. The Bertz CT molecular complexity index is 560. The van der Waals surface area contributed by atoms with E-state index in [0.717, 1.165) is 37.2 Å². The van der Waals surface area contributed by atoms with Crippen LogP contribution in [0.1, 0.15) is 39.5 Å². The summed E-state index contributed by atoms with van der Waals surface area (Å²) < 4.78 is 20.3. The van der Waals surface area contributed by atoms with E-state index >= 15 is 0 Å². The largest absolute Gasteiger partial charge is 0.399 e. The predicted octanol–water partition coefficient (Wildman–Crippen LogP) is 3.30. The molecule has 4 nitrogen and oxygen atoms in total. The minimum atomic E-state index is -2.53. The number of nitrogen functional groups attached to an aromatic ring is 1. The maximum absolute atomic E-state index is 13.6. The van der Waals surface area contributed by atoms with Gasteiger partial charge in [0.25, 0.3) is 0 Å². The van der Waals surface area contributed by atoms with Gasteiger partial charge in [-0.25, -0.2) is 12.9 Å². The molecule has 20 heavy (non-hydrogen) atoms. The highest BCUT2D eigenvalue weighted by Gasteiger charge is 2.25. The lowest BCUT2D eigenvalue weighted by Crippen LogP contribution is -2.33. The summed E-state index contributed by atoms with van der Waals surface area (Å²) in [6.07, 6.45) is 4.28. The molecule has 0 saturated heterocycles. The van der Waals surface area contributed by atoms with Gasteiger partial charge in [-0.3, -0.25) is 0 Å². The van der Waals surface area contributed by atoms with Crippen LogP contribution in [0.25, 0.3) is 0 Å². The average Bonchev–Trinajstić information content (AvgIpc) is 2.40. The van der Waals surface area contributed by atoms with Crippen LogP contribution in [0.15, 0.2) is 33.5 Å². The highest BCUT2D eigenvalue weighted by Crippen LogP contribution is 2.28. The maximum atomic E-state index is 13.6. The third-order valence-corrected chi connectivity index (χ3v) is 6.30. The topological polar surface area (TPSA) is 58.7 Å². The van der Waals surface area contributed by atoms with Crippen molar-refractivity contribution < 1.29 is 4.21 Å². The van der Waals surface area contributed by atoms with Gasteiger partial charge in [-0.2, -0.15) is 0 Å². The van der Waals surface area contributed by atoms with Crippen LogP contribution in [0, 0.1) is 0 Å². The molecule has 0 radical (unpaired) electrons. The smallest absolute Gasteiger partial charge is 0.140 e. The highest BCUT2D eigenvalue weighted by molar-refractivity contribution is 7.91. The second-order valence-corrected chi connectivity index (χ2v) is 7.47. The van der Waals surface area contributed by atoms with Gasteiger partial charge in [0.1, 0.15) is 9.92 Å². The molecule has 0 aromatic heterocycles. The van der Waals surface area contributed by atoms with Crippen molar-refractivity contribution in [3.63, 3.8) is 0 Å². The Labute approximate surface area is 122 Å². The Balaban J connectivity index is 2.48. The third-order valence-electron chi connectivity index (χ3n) is 3.71. The van der Waals surface area contributed by atoms with Gasteiger partial charge in [0.2, 0.25) is 0 Å². The molecule has 2 N–H and O–H groups in total. The van der Waals surface area contributed by atoms with E-state index in [1.165, 1.54) is 6.42 Å². The van der Waals surface area contributed by atoms with E-state index in [0.29, 0.717) is 5.69 Å². The molecule has 0 bridgehead atoms. The van der Waals surface area contributed by atoms with E-state index in [9.17, 15) is 4.21 Å². The van der Waals surface area contributed by atoms with Crippen LogP contribution in [0.5, 0.6) is 0 Å². The van der Waals surface area contributed by atoms with Crippen LogP contribution in [-0.4, -0.2) is 27.6 Å². The summed E-state index contributed by atoms with van der Waals surface area (Å²) in [5.41, 5.74) is 6.51. The number of hydrogen-bond acceptors (Lipinski definition) is 3. The fourth-order valence-corrected chi connectivity index (χ4v) is 4.85. The number of hydrogen-bond donors (Lipinski definition) is 1. The molecule has 0 aliphatic heterocycles. The van der Waals surface area contributed by atoms with Gasteiger partial charge < -0.3 is 5.73 Å². The van der Waals surface area contributed by atoms with Crippen LogP contribution in [0.2, 0.25) is 0 Å². The summed E-state index contributed by atoms with van der Waals surface area (Å²) in [5.74, 6) is 0. The molecule has 0 heterocycles. The molecule has 1 unspecified atom stereocenters. The Morgan fingerprint density at radius 1 is 1.40 bits per heavy atom. The molecular formula is C15H25N3OS. The zero-order valence-electron chi connectivity index (χ0n) is 12.4. The number of rotatable bonds is 6. The molecule has 1 fully saturated rings. The van der Waals surface area contributed by atoms with Gasteiger partial charge in [-0.15, -0.1) is 0 Å². The second-order valence-electron chi connectivity index (χ2n) is 5.28. The summed E-state index contributed by atoms with van der Waals surface area (Å²) in [5, 5.41) is 0. The number of nitrogens with two attached hydrogens (primary N) is 1. The van der Waals surface area contributed by atoms with Crippen LogP contribution >= 0.6 is 0 Å². The molecule has 0 spiro atoms. The van der Waals surface area contributed by atoms with E-state index in [4.69, 9.17) is 10.1 Å². The Kier molecular flexibility index (Phi) is 5.05. The van der Waals surface area contributed by atoms with E-state index in [-0.39, 0.29) is 6.04 Å². The Hall–Kier alpha value is -1.07. The van der Waals surface area contributed by atoms with Crippen molar-refractivity contribution in [2.75, 3.05) is 18.8 Å². The number of nitrogens with zero attached hydrogens (tertiary/aromatic N) is 2. The Morgan fingerprint density at radius 3 is 2.65 bits per heavy atom. The standard InChI is InChI=1S/C15H25N3OS/c1-3-11-18(4-2)20(19,17-14-8-6-9-14)15-10-5-7-13(16)12-15/h5,7,10,12,14H,3-4,6,8-9,11,16H2,1-2H3. The summed E-state index contributed by atoms with van der Waals surface area (Å²) in [6.45, 7) is 5.67. The van der Waals surface area contributed by atoms with Gasteiger partial charge >= 0.3 is 0 Å². The molecule has 2 rings (SSSR count). The zero-order chi connectivity index (χ0) is 14.6. The summed E-state index contributed by atoms with van der Waals surface area (Å²) in [7, 11) is -2.53. The number of benzene rings is 1. The van der Waals surface area contributed by atoms with Gasteiger partial charge in [0, 0.05) is 18.8 Å². The molecule has 1 aromatic rings. The molecule has 1 aromatic carbocycles. The SMILES string of the molecule is CCCN(CC)S(=O)(=NC1CCC1)c1cccc(N)c1. The van der Waals surface area contributed by atoms with Crippen LogP contribution < -0.4 is 5.73 Å².